The third kappa shape index (κ3) is 8.17. The molecule has 122 valence electrons. The maximum Gasteiger partial charge on any atom is 0.0611 e. The number of aliphatic hydroxyl groups excluding tert-OH is 1. The van der Waals surface area contributed by atoms with Crippen LogP contribution in [0.25, 0.3) is 0 Å². The number of hydrogen-bond donors (Lipinski definition) is 2. The van der Waals surface area contributed by atoms with Crippen LogP contribution in [0, 0.1) is 0 Å². The van der Waals surface area contributed by atoms with Gasteiger partial charge in [0.1, 0.15) is 0 Å². The maximum absolute atomic E-state index is 9.66. The molecule has 2 atom stereocenters. The molecule has 0 bridgehead atoms. The van der Waals surface area contributed by atoms with E-state index in [1.807, 2.05) is 0 Å². The second-order valence-corrected chi connectivity index (χ2v) is 5.72. The normalized spacial score (nSPS) is 16.4. The summed E-state index contributed by atoms with van der Waals surface area (Å²) in [5.74, 6) is 0. The Morgan fingerprint density at radius 3 is 2.15 bits per heavy atom. The highest BCUT2D eigenvalue weighted by atomic mass is 16.5. The van der Waals surface area contributed by atoms with Crippen LogP contribution < -0.4 is 5.32 Å². The fourth-order valence-corrected chi connectivity index (χ4v) is 2.37. The van der Waals surface area contributed by atoms with Crippen LogP contribution in [0.3, 0.4) is 0 Å². The Balaban J connectivity index is 4.47. The van der Waals surface area contributed by atoms with Gasteiger partial charge in [0.15, 0.2) is 0 Å². The zero-order chi connectivity index (χ0) is 15.4. The summed E-state index contributed by atoms with van der Waals surface area (Å²) in [5, 5.41) is 13.1. The zero-order valence-corrected chi connectivity index (χ0v) is 13.9. The molecular formula is C15H34N2O3. The van der Waals surface area contributed by atoms with Crippen LogP contribution in [0.1, 0.15) is 33.6 Å². The molecule has 0 aromatic heterocycles. The van der Waals surface area contributed by atoms with Gasteiger partial charge in [0.05, 0.1) is 19.8 Å². The van der Waals surface area contributed by atoms with Crippen LogP contribution in [-0.4, -0.2) is 75.3 Å². The minimum absolute atomic E-state index is 0.153. The van der Waals surface area contributed by atoms with Crippen molar-refractivity contribution in [2.75, 3.05) is 53.7 Å². The molecule has 2 unspecified atom stereocenters. The van der Waals surface area contributed by atoms with Crippen molar-refractivity contribution in [2.24, 2.45) is 0 Å². The highest BCUT2D eigenvalue weighted by Gasteiger charge is 2.27. The van der Waals surface area contributed by atoms with Gasteiger partial charge in [-0.2, -0.15) is 0 Å². The van der Waals surface area contributed by atoms with E-state index in [0.29, 0.717) is 19.3 Å². The molecule has 5 heteroatoms. The molecule has 0 saturated heterocycles. The van der Waals surface area contributed by atoms with Crippen LogP contribution in [0.15, 0.2) is 0 Å². The summed E-state index contributed by atoms with van der Waals surface area (Å²) in [4.78, 5) is 2.36. The molecule has 0 spiro atoms. The van der Waals surface area contributed by atoms with Crippen molar-refractivity contribution >= 4 is 0 Å². The van der Waals surface area contributed by atoms with Gasteiger partial charge in [-0.15, -0.1) is 0 Å². The largest absolute Gasteiger partial charge is 0.394 e. The minimum Gasteiger partial charge on any atom is -0.394 e. The van der Waals surface area contributed by atoms with Gasteiger partial charge in [0.2, 0.25) is 0 Å². The lowest BCUT2D eigenvalue weighted by molar-refractivity contribution is 0.0684. The number of methoxy groups -OCH3 is 2. The van der Waals surface area contributed by atoms with Crippen molar-refractivity contribution in [1.29, 1.82) is 0 Å². The molecule has 0 aliphatic rings. The Hall–Kier alpha value is -0.200. The Morgan fingerprint density at radius 1 is 1.20 bits per heavy atom. The Bertz CT molecular complexity index is 221. The molecule has 2 N–H and O–H groups in total. The number of aliphatic hydroxyl groups is 1. The lowest BCUT2D eigenvalue weighted by Crippen LogP contribution is -2.51. The lowest BCUT2D eigenvalue weighted by atomic mass is 9.93. The third-order valence-corrected chi connectivity index (χ3v) is 3.69. The molecule has 0 heterocycles. The van der Waals surface area contributed by atoms with Crippen molar-refractivity contribution in [2.45, 2.75) is 45.2 Å². The van der Waals surface area contributed by atoms with Gasteiger partial charge < -0.3 is 19.9 Å². The summed E-state index contributed by atoms with van der Waals surface area (Å²) < 4.78 is 10.4. The first kappa shape index (κ1) is 19.8. The van der Waals surface area contributed by atoms with Crippen molar-refractivity contribution in [3.8, 4) is 0 Å². The molecule has 0 aromatic carbocycles. The van der Waals surface area contributed by atoms with E-state index in [9.17, 15) is 5.11 Å². The number of ether oxygens (including phenoxy) is 2. The molecule has 0 rings (SSSR count). The highest BCUT2D eigenvalue weighted by molar-refractivity contribution is 4.87. The molecule has 0 fully saturated rings. The smallest absolute Gasteiger partial charge is 0.0611 e. The van der Waals surface area contributed by atoms with Crippen LogP contribution in [-0.2, 0) is 9.47 Å². The summed E-state index contributed by atoms with van der Waals surface area (Å²) in [5.41, 5.74) is -0.228. The van der Waals surface area contributed by atoms with Gasteiger partial charge in [-0.1, -0.05) is 6.92 Å². The first-order valence-electron chi connectivity index (χ1n) is 7.60. The van der Waals surface area contributed by atoms with Gasteiger partial charge in [-0.05, 0) is 33.2 Å². The van der Waals surface area contributed by atoms with Crippen molar-refractivity contribution in [3.05, 3.63) is 0 Å². The average molecular weight is 290 g/mol. The van der Waals surface area contributed by atoms with E-state index in [4.69, 9.17) is 9.47 Å². The van der Waals surface area contributed by atoms with E-state index >= 15 is 0 Å². The van der Waals surface area contributed by atoms with Crippen LogP contribution in [0.5, 0.6) is 0 Å². The molecular weight excluding hydrogens is 256 g/mol. The minimum atomic E-state index is -0.228. The van der Waals surface area contributed by atoms with E-state index in [1.165, 1.54) is 0 Å². The highest BCUT2D eigenvalue weighted by Crippen LogP contribution is 2.16. The van der Waals surface area contributed by atoms with Gasteiger partial charge in [0, 0.05) is 38.9 Å². The summed E-state index contributed by atoms with van der Waals surface area (Å²) in [7, 11) is 3.44. The van der Waals surface area contributed by atoms with Crippen molar-refractivity contribution in [3.63, 3.8) is 0 Å². The molecule has 0 aromatic rings. The number of nitrogens with zero attached hydrogens (tertiary/aromatic N) is 1. The lowest BCUT2D eigenvalue weighted by Gasteiger charge is -2.36. The van der Waals surface area contributed by atoms with E-state index < -0.39 is 0 Å². The molecule has 5 nitrogen and oxygen atoms in total. The molecule has 0 aliphatic carbocycles. The average Bonchev–Trinajstić information content (AvgIpc) is 2.45. The second kappa shape index (κ2) is 11.5. The Morgan fingerprint density at radius 2 is 1.75 bits per heavy atom. The third-order valence-electron chi connectivity index (χ3n) is 3.69. The van der Waals surface area contributed by atoms with Gasteiger partial charge in [-0.3, -0.25) is 4.90 Å². The second-order valence-electron chi connectivity index (χ2n) is 5.72. The predicted molar refractivity (Wildman–Crippen MR) is 83.2 cm³/mol. The van der Waals surface area contributed by atoms with E-state index in [1.54, 1.807) is 14.2 Å². The van der Waals surface area contributed by atoms with Crippen molar-refractivity contribution < 1.29 is 14.6 Å². The molecule has 0 radical (unpaired) electrons. The number of rotatable bonds is 13. The number of nitrogens with one attached hydrogen (secondary N) is 1. The zero-order valence-electron chi connectivity index (χ0n) is 13.9. The Labute approximate surface area is 124 Å². The van der Waals surface area contributed by atoms with Crippen LogP contribution >= 0.6 is 0 Å². The quantitative estimate of drug-likeness (QED) is 0.532. The molecule has 0 saturated carbocycles. The van der Waals surface area contributed by atoms with Crippen molar-refractivity contribution in [1.82, 2.24) is 10.2 Å². The molecule has 0 aliphatic heterocycles. The van der Waals surface area contributed by atoms with E-state index in [0.717, 1.165) is 32.5 Å². The summed E-state index contributed by atoms with van der Waals surface area (Å²) in [6, 6.07) is 0.363. The van der Waals surface area contributed by atoms with Gasteiger partial charge >= 0.3 is 0 Å². The maximum atomic E-state index is 9.66. The van der Waals surface area contributed by atoms with Crippen LogP contribution in [0.4, 0.5) is 0 Å². The predicted octanol–water partition coefficient (Wildman–Crippen LogP) is 1.11. The fraction of sp³-hybridized carbons (Fsp3) is 1.00. The Kier molecular flexibility index (Phi) is 11.3. The molecule has 0 amide bonds. The first-order chi connectivity index (χ1) is 9.52. The monoisotopic (exact) mass is 290 g/mol. The molecule has 20 heavy (non-hydrogen) atoms. The summed E-state index contributed by atoms with van der Waals surface area (Å²) in [6.45, 7) is 10.7. The summed E-state index contributed by atoms with van der Waals surface area (Å²) >= 11 is 0. The SMILES string of the molecule is CCCNC(C)(CO)CC(C)N(CCOC)CCOC. The first-order valence-corrected chi connectivity index (χ1v) is 7.60. The fourth-order valence-electron chi connectivity index (χ4n) is 2.37. The van der Waals surface area contributed by atoms with Crippen LogP contribution in [0.2, 0.25) is 0 Å². The van der Waals surface area contributed by atoms with Gasteiger partial charge in [-0.25, -0.2) is 0 Å². The standard InChI is InChI=1S/C15H34N2O3/c1-6-7-16-15(3,13-18)12-14(2)17(8-10-19-4)9-11-20-5/h14,16,18H,6-13H2,1-5H3. The van der Waals surface area contributed by atoms with Gasteiger partial charge in [0.25, 0.3) is 0 Å². The topological polar surface area (TPSA) is 54.0 Å². The van der Waals surface area contributed by atoms with E-state index in [2.05, 4.69) is 31.0 Å². The summed E-state index contributed by atoms with van der Waals surface area (Å²) in [6.07, 6.45) is 1.97. The van der Waals surface area contributed by atoms with E-state index in [-0.39, 0.29) is 12.1 Å². The number of hydrogen-bond acceptors (Lipinski definition) is 5.